The molecule has 168 valence electrons. The molecule has 0 saturated carbocycles. The summed E-state index contributed by atoms with van der Waals surface area (Å²) in [4.78, 5) is 26.3. The van der Waals surface area contributed by atoms with Crippen LogP contribution in [0.1, 0.15) is 31.2 Å². The van der Waals surface area contributed by atoms with E-state index in [1.54, 1.807) is 29.2 Å². The zero-order valence-electron chi connectivity index (χ0n) is 17.7. The largest absolute Gasteiger partial charge is 0.484 e. The Kier molecular flexibility index (Phi) is 6.96. The summed E-state index contributed by atoms with van der Waals surface area (Å²) in [6.45, 7) is 5.85. The highest BCUT2D eigenvalue weighted by Gasteiger charge is 2.28. The zero-order chi connectivity index (χ0) is 22.6. The number of aromatic nitrogens is 1. The molecule has 1 saturated heterocycles. The summed E-state index contributed by atoms with van der Waals surface area (Å²) < 4.78 is 37.9. The Morgan fingerprint density at radius 1 is 1.26 bits per heavy atom. The second-order valence-electron chi connectivity index (χ2n) is 7.39. The molecule has 11 heteroatoms. The minimum atomic E-state index is -3.98. The van der Waals surface area contributed by atoms with Crippen LogP contribution < -0.4 is 14.8 Å². The normalized spacial score (nSPS) is 15.0. The Morgan fingerprint density at radius 2 is 1.97 bits per heavy atom. The third kappa shape index (κ3) is 5.61. The fourth-order valence-electron chi connectivity index (χ4n) is 3.32. The number of hydrogen-bond acceptors (Lipinski definition) is 7. The lowest BCUT2D eigenvalue weighted by Crippen LogP contribution is -2.41. The smallest absolute Gasteiger partial charge is 0.260 e. The number of likely N-dealkylation sites (tertiary alicyclic amines) is 1. The monoisotopic (exact) mass is 450 g/mol. The Labute approximate surface area is 181 Å². The van der Waals surface area contributed by atoms with Crippen LogP contribution in [0.15, 0.2) is 33.7 Å². The van der Waals surface area contributed by atoms with E-state index in [-0.39, 0.29) is 28.9 Å². The summed E-state index contributed by atoms with van der Waals surface area (Å²) in [5, 5.41) is 6.27. The van der Waals surface area contributed by atoms with Gasteiger partial charge in [0, 0.05) is 24.8 Å². The summed E-state index contributed by atoms with van der Waals surface area (Å²) >= 11 is 0. The summed E-state index contributed by atoms with van der Waals surface area (Å²) in [5.74, 6) is -0.0600. The number of rotatable bonds is 8. The van der Waals surface area contributed by atoms with Crippen LogP contribution in [0.5, 0.6) is 5.75 Å². The molecular formula is C20H26N4O6S. The van der Waals surface area contributed by atoms with Gasteiger partial charge in [0.1, 0.15) is 16.3 Å². The number of sulfonamides is 1. The molecule has 1 aliphatic rings. The number of ether oxygens (including phenoxy) is 1. The highest BCUT2D eigenvalue weighted by molar-refractivity contribution is 7.89. The number of carbonyl (C=O) groups is 2. The van der Waals surface area contributed by atoms with Gasteiger partial charge in [0.2, 0.25) is 15.9 Å². The van der Waals surface area contributed by atoms with E-state index in [0.717, 1.165) is 25.9 Å². The summed E-state index contributed by atoms with van der Waals surface area (Å²) in [7, 11) is -3.98. The topological polar surface area (TPSA) is 131 Å². The highest BCUT2D eigenvalue weighted by Crippen LogP contribution is 2.20. The van der Waals surface area contributed by atoms with Crippen molar-refractivity contribution in [2.45, 2.75) is 44.6 Å². The van der Waals surface area contributed by atoms with Crippen molar-refractivity contribution in [3.63, 3.8) is 0 Å². The van der Waals surface area contributed by atoms with Crippen LogP contribution in [0.3, 0.4) is 0 Å². The number of anilines is 1. The first kappa shape index (κ1) is 22.8. The van der Waals surface area contributed by atoms with Crippen molar-refractivity contribution in [3.8, 4) is 5.75 Å². The molecule has 1 aliphatic heterocycles. The average molecular weight is 451 g/mol. The van der Waals surface area contributed by atoms with Crippen LogP contribution in [0, 0.1) is 13.8 Å². The molecule has 2 heterocycles. The highest BCUT2D eigenvalue weighted by atomic mass is 32.2. The number of benzene rings is 1. The molecule has 0 spiro atoms. The maximum atomic E-state index is 12.6. The standard InChI is InChI=1S/C20H26N4O6S/c1-13-19(15(3)30-22-13)31(27,28)23-14(2)20(26)21-16-7-6-8-17(11-16)29-12-18(25)24-9-4-5-10-24/h6-8,11,14,23H,4-5,9-10,12H2,1-3H3,(H,21,26)/t14-/m0/s1. The maximum Gasteiger partial charge on any atom is 0.260 e. The molecule has 2 N–H and O–H groups in total. The number of nitrogens with zero attached hydrogens (tertiary/aromatic N) is 2. The SMILES string of the molecule is Cc1noc(C)c1S(=O)(=O)N[C@@H](C)C(=O)Nc1cccc(OCC(=O)N2CCCC2)c1. The predicted molar refractivity (Wildman–Crippen MR) is 112 cm³/mol. The van der Waals surface area contributed by atoms with Crippen molar-refractivity contribution < 1.29 is 27.3 Å². The molecule has 31 heavy (non-hydrogen) atoms. The Morgan fingerprint density at radius 3 is 2.61 bits per heavy atom. The molecule has 0 bridgehead atoms. The molecule has 0 radical (unpaired) electrons. The number of nitrogens with one attached hydrogen (secondary N) is 2. The van der Waals surface area contributed by atoms with Gasteiger partial charge in [-0.15, -0.1) is 0 Å². The quantitative estimate of drug-likeness (QED) is 0.624. The molecule has 0 unspecified atom stereocenters. The van der Waals surface area contributed by atoms with Gasteiger partial charge in [-0.3, -0.25) is 9.59 Å². The first-order valence-corrected chi connectivity index (χ1v) is 11.4. The van der Waals surface area contributed by atoms with Crippen LogP contribution in [-0.4, -0.2) is 56.0 Å². The van der Waals surface area contributed by atoms with E-state index in [0.29, 0.717) is 11.4 Å². The number of hydrogen-bond donors (Lipinski definition) is 2. The van der Waals surface area contributed by atoms with Crippen molar-refractivity contribution in [1.82, 2.24) is 14.8 Å². The van der Waals surface area contributed by atoms with Crippen LogP contribution in [-0.2, 0) is 19.6 Å². The van der Waals surface area contributed by atoms with Crippen LogP contribution in [0.2, 0.25) is 0 Å². The Bertz CT molecular complexity index is 1040. The van der Waals surface area contributed by atoms with Crippen molar-refractivity contribution in [3.05, 3.63) is 35.7 Å². The minimum Gasteiger partial charge on any atom is -0.484 e. The van der Waals surface area contributed by atoms with Crippen molar-refractivity contribution in [1.29, 1.82) is 0 Å². The van der Waals surface area contributed by atoms with Gasteiger partial charge < -0.3 is 19.5 Å². The van der Waals surface area contributed by atoms with E-state index in [2.05, 4.69) is 15.2 Å². The molecule has 1 fully saturated rings. The number of amides is 2. The predicted octanol–water partition coefficient (Wildman–Crippen LogP) is 1.60. The molecule has 0 aliphatic carbocycles. The fraction of sp³-hybridized carbons (Fsp3) is 0.450. The van der Waals surface area contributed by atoms with E-state index in [1.807, 2.05) is 0 Å². The zero-order valence-corrected chi connectivity index (χ0v) is 18.5. The van der Waals surface area contributed by atoms with E-state index in [1.165, 1.54) is 20.8 Å². The number of carbonyl (C=O) groups excluding carboxylic acids is 2. The van der Waals surface area contributed by atoms with Gasteiger partial charge >= 0.3 is 0 Å². The summed E-state index contributed by atoms with van der Waals surface area (Å²) in [6.07, 6.45) is 2.01. The molecule has 1 aromatic heterocycles. The second kappa shape index (κ2) is 9.48. The van der Waals surface area contributed by atoms with Gasteiger partial charge in [0.15, 0.2) is 12.4 Å². The van der Waals surface area contributed by atoms with Crippen molar-refractivity contribution in [2.24, 2.45) is 0 Å². The van der Waals surface area contributed by atoms with Gasteiger partial charge in [-0.2, -0.15) is 4.72 Å². The van der Waals surface area contributed by atoms with E-state index in [4.69, 9.17) is 9.26 Å². The first-order valence-electron chi connectivity index (χ1n) is 9.94. The van der Waals surface area contributed by atoms with Gasteiger partial charge in [0.05, 0.1) is 6.04 Å². The lowest BCUT2D eigenvalue weighted by atomic mass is 10.2. The molecule has 2 aromatic rings. The lowest BCUT2D eigenvalue weighted by molar-refractivity contribution is -0.132. The third-order valence-corrected chi connectivity index (χ3v) is 6.67. The van der Waals surface area contributed by atoms with Crippen LogP contribution >= 0.6 is 0 Å². The second-order valence-corrected chi connectivity index (χ2v) is 9.04. The Balaban J connectivity index is 1.58. The third-order valence-electron chi connectivity index (χ3n) is 4.88. The van der Waals surface area contributed by atoms with E-state index >= 15 is 0 Å². The van der Waals surface area contributed by atoms with E-state index < -0.39 is 22.0 Å². The van der Waals surface area contributed by atoms with Gasteiger partial charge in [-0.25, -0.2) is 8.42 Å². The van der Waals surface area contributed by atoms with Gasteiger partial charge in [-0.1, -0.05) is 11.2 Å². The summed E-state index contributed by atoms with van der Waals surface area (Å²) in [5.41, 5.74) is 0.630. The molecule has 2 amide bonds. The lowest BCUT2D eigenvalue weighted by Gasteiger charge is -2.16. The Hall–Kier alpha value is -2.92. The number of aryl methyl sites for hydroxylation is 2. The van der Waals surface area contributed by atoms with Crippen LogP contribution in [0.25, 0.3) is 0 Å². The van der Waals surface area contributed by atoms with Crippen LogP contribution in [0.4, 0.5) is 5.69 Å². The van der Waals surface area contributed by atoms with Gasteiger partial charge in [0.25, 0.3) is 5.91 Å². The fourth-order valence-corrected chi connectivity index (χ4v) is 4.85. The molecule has 10 nitrogen and oxygen atoms in total. The maximum absolute atomic E-state index is 12.6. The van der Waals surface area contributed by atoms with Crippen molar-refractivity contribution >= 4 is 27.5 Å². The average Bonchev–Trinajstić information content (AvgIpc) is 3.36. The molecule has 1 atom stereocenters. The summed E-state index contributed by atoms with van der Waals surface area (Å²) in [6, 6.07) is 5.51. The van der Waals surface area contributed by atoms with E-state index in [9.17, 15) is 18.0 Å². The van der Waals surface area contributed by atoms with Gasteiger partial charge in [-0.05, 0) is 45.7 Å². The minimum absolute atomic E-state index is 0.0747. The first-order chi connectivity index (χ1) is 14.7. The molecule has 3 rings (SSSR count). The molecular weight excluding hydrogens is 424 g/mol. The van der Waals surface area contributed by atoms with Crippen molar-refractivity contribution in [2.75, 3.05) is 25.0 Å². The molecule has 1 aromatic carbocycles.